The number of unbranched alkanes of at least 4 members (excludes halogenated alkanes) is 10. The molecule has 4 heteroatoms. The monoisotopic (exact) mass is 340 g/mol. The molecule has 0 aromatic rings. The zero-order chi connectivity index (χ0) is 18.0. The molecule has 0 aliphatic carbocycles. The van der Waals surface area contributed by atoms with Crippen LogP contribution >= 0.6 is 0 Å². The Bertz CT molecular complexity index is 318. The Balaban J connectivity index is 3.53. The Labute approximate surface area is 148 Å². The van der Waals surface area contributed by atoms with Crippen molar-refractivity contribution < 1.29 is 14.7 Å². The summed E-state index contributed by atoms with van der Waals surface area (Å²) < 4.78 is 0. The van der Waals surface area contributed by atoms with Gasteiger partial charge in [0.1, 0.15) is 0 Å². The first-order valence-electron chi connectivity index (χ1n) is 10.0. The fourth-order valence-electron chi connectivity index (χ4n) is 3.04. The molecule has 1 unspecified atom stereocenters. The second-order valence-corrected chi connectivity index (χ2v) is 6.97. The highest BCUT2D eigenvalue weighted by atomic mass is 16.4. The number of nitrogens with one attached hydrogen (secondary N) is 1. The third-order valence-electron chi connectivity index (χ3n) is 4.59. The smallest absolute Gasteiger partial charge is 0.216 e. The maximum atomic E-state index is 11.2. The van der Waals surface area contributed by atoms with Crippen molar-refractivity contribution in [1.82, 2.24) is 5.32 Å². The predicted molar refractivity (Wildman–Crippen MR) is 97.5 cm³/mol. The molecule has 0 fully saturated rings. The van der Waals surface area contributed by atoms with Gasteiger partial charge in [0, 0.05) is 19.4 Å². The van der Waals surface area contributed by atoms with E-state index in [0.717, 1.165) is 38.5 Å². The first kappa shape index (κ1) is 22.9. The summed E-state index contributed by atoms with van der Waals surface area (Å²) in [5.74, 6) is -1.19. The molecular formula is C20H38NO3-. The summed E-state index contributed by atoms with van der Waals surface area (Å²) in [5, 5.41) is 14.0. The number of aliphatic carboxylic acids is 1. The second kappa shape index (κ2) is 16.8. The molecule has 142 valence electrons. The molecule has 0 spiro atoms. The number of amides is 1. The Hall–Kier alpha value is -1.06. The van der Waals surface area contributed by atoms with E-state index in [9.17, 15) is 14.7 Å². The van der Waals surface area contributed by atoms with Gasteiger partial charge in [0.25, 0.3) is 0 Å². The van der Waals surface area contributed by atoms with E-state index in [2.05, 4.69) is 12.2 Å². The van der Waals surface area contributed by atoms with Crippen molar-refractivity contribution >= 4 is 11.9 Å². The standard InChI is InChI=1S/C20H39NO3/c1-3-4-5-6-7-8-9-10-12-15-19(20(23)24)16-13-11-14-17-21-18(2)22/h19H,3-17H2,1-2H3,(H,21,22)(H,23,24)/p-1. The fraction of sp³-hybridized carbons (Fsp3) is 0.900. The van der Waals surface area contributed by atoms with Gasteiger partial charge in [0.15, 0.2) is 0 Å². The summed E-state index contributed by atoms with van der Waals surface area (Å²) >= 11 is 0. The lowest BCUT2D eigenvalue weighted by molar-refractivity contribution is -0.312. The summed E-state index contributed by atoms with van der Waals surface area (Å²) in [4.78, 5) is 21.9. The van der Waals surface area contributed by atoms with Crippen LogP contribution in [-0.4, -0.2) is 18.4 Å². The lowest BCUT2D eigenvalue weighted by Gasteiger charge is -2.17. The first-order valence-corrected chi connectivity index (χ1v) is 10.0. The highest BCUT2D eigenvalue weighted by Gasteiger charge is 2.09. The average Bonchev–Trinajstić information content (AvgIpc) is 2.53. The van der Waals surface area contributed by atoms with E-state index in [1.165, 1.54) is 51.9 Å². The Morgan fingerprint density at radius 2 is 1.25 bits per heavy atom. The van der Waals surface area contributed by atoms with E-state index in [4.69, 9.17) is 0 Å². The van der Waals surface area contributed by atoms with Crippen molar-refractivity contribution in [2.75, 3.05) is 6.54 Å². The van der Waals surface area contributed by atoms with Crippen molar-refractivity contribution in [3.63, 3.8) is 0 Å². The molecule has 0 rings (SSSR count). The minimum Gasteiger partial charge on any atom is -0.550 e. The van der Waals surface area contributed by atoms with Gasteiger partial charge in [0.2, 0.25) is 5.91 Å². The Kier molecular flexibility index (Phi) is 16.0. The molecule has 0 saturated carbocycles. The normalized spacial score (nSPS) is 12.1. The molecule has 4 nitrogen and oxygen atoms in total. The molecule has 0 aliphatic rings. The van der Waals surface area contributed by atoms with Gasteiger partial charge >= 0.3 is 0 Å². The van der Waals surface area contributed by atoms with E-state index >= 15 is 0 Å². The minimum atomic E-state index is -0.892. The van der Waals surface area contributed by atoms with Crippen molar-refractivity contribution in [1.29, 1.82) is 0 Å². The number of carbonyl (C=O) groups is 2. The second-order valence-electron chi connectivity index (χ2n) is 6.97. The van der Waals surface area contributed by atoms with Gasteiger partial charge in [-0.15, -0.1) is 0 Å². The van der Waals surface area contributed by atoms with E-state index in [1.807, 2.05) is 0 Å². The molecule has 0 aromatic carbocycles. The summed E-state index contributed by atoms with van der Waals surface area (Å²) in [6.45, 7) is 4.43. The minimum absolute atomic E-state index is 0.00650. The quantitative estimate of drug-likeness (QED) is 0.407. The van der Waals surface area contributed by atoms with Gasteiger partial charge < -0.3 is 15.2 Å². The van der Waals surface area contributed by atoms with E-state index in [1.54, 1.807) is 0 Å². The molecule has 0 radical (unpaired) electrons. The van der Waals surface area contributed by atoms with Crippen LogP contribution in [0.3, 0.4) is 0 Å². The molecule has 0 aromatic heterocycles. The number of carboxylic acid groups (broad SMARTS) is 1. The lowest BCUT2D eigenvalue weighted by atomic mass is 9.94. The SMILES string of the molecule is CCCCCCCCCCCC(CCCCCNC(C)=O)C(=O)[O-]. The third-order valence-corrected chi connectivity index (χ3v) is 4.59. The maximum Gasteiger partial charge on any atom is 0.216 e. The van der Waals surface area contributed by atoms with E-state index < -0.39 is 5.97 Å². The molecule has 0 heterocycles. The molecule has 0 saturated heterocycles. The van der Waals surface area contributed by atoms with Crippen molar-refractivity contribution in [2.24, 2.45) is 5.92 Å². The predicted octanol–water partition coefficient (Wildman–Crippen LogP) is 3.97. The van der Waals surface area contributed by atoms with Crippen molar-refractivity contribution in [3.05, 3.63) is 0 Å². The number of rotatable bonds is 17. The van der Waals surface area contributed by atoms with Crippen molar-refractivity contribution in [3.8, 4) is 0 Å². The maximum absolute atomic E-state index is 11.2. The van der Waals surface area contributed by atoms with Crippen LogP contribution in [0.2, 0.25) is 0 Å². The zero-order valence-electron chi connectivity index (χ0n) is 15.9. The largest absolute Gasteiger partial charge is 0.550 e. The van der Waals surface area contributed by atoms with Crippen LogP contribution in [0.25, 0.3) is 0 Å². The zero-order valence-corrected chi connectivity index (χ0v) is 15.9. The summed E-state index contributed by atoms with van der Waals surface area (Å²) in [7, 11) is 0. The summed E-state index contributed by atoms with van der Waals surface area (Å²) in [5.41, 5.74) is 0. The Morgan fingerprint density at radius 1 is 0.792 bits per heavy atom. The summed E-state index contributed by atoms with van der Waals surface area (Å²) in [6, 6.07) is 0. The number of carboxylic acids is 1. The van der Waals surface area contributed by atoms with Crippen LogP contribution in [0.4, 0.5) is 0 Å². The van der Waals surface area contributed by atoms with Crippen LogP contribution in [0.15, 0.2) is 0 Å². The van der Waals surface area contributed by atoms with Gasteiger partial charge in [-0.3, -0.25) is 4.79 Å². The van der Waals surface area contributed by atoms with Crippen LogP contribution in [0, 0.1) is 5.92 Å². The van der Waals surface area contributed by atoms with Gasteiger partial charge in [-0.05, 0) is 25.2 Å². The third kappa shape index (κ3) is 15.8. The van der Waals surface area contributed by atoms with E-state index in [-0.39, 0.29) is 11.8 Å². The van der Waals surface area contributed by atoms with Gasteiger partial charge in [-0.2, -0.15) is 0 Å². The fourth-order valence-corrected chi connectivity index (χ4v) is 3.04. The topological polar surface area (TPSA) is 69.2 Å². The molecule has 1 atom stereocenters. The number of hydrogen-bond donors (Lipinski definition) is 1. The first-order chi connectivity index (χ1) is 11.6. The molecular weight excluding hydrogens is 302 g/mol. The lowest BCUT2D eigenvalue weighted by Crippen LogP contribution is -2.31. The molecule has 1 N–H and O–H groups in total. The van der Waals surface area contributed by atoms with Gasteiger partial charge in [0.05, 0.1) is 0 Å². The Morgan fingerprint density at radius 3 is 1.71 bits per heavy atom. The summed E-state index contributed by atoms with van der Waals surface area (Å²) in [6.07, 6.45) is 15.5. The van der Waals surface area contributed by atoms with Gasteiger partial charge in [-0.25, -0.2) is 0 Å². The highest BCUT2D eigenvalue weighted by Crippen LogP contribution is 2.18. The van der Waals surface area contributed by atoms with Crippen LogP contribution in [0.5, 0.6) is 0 Å². The molecule has 0 bridgehead atoms. The number of carbonyl (C=O) groups excluding carboxylic acids is 2. The molecule has 0 aliphatic heterocycles. The van der Waals surface area contributed by atoms with E-state index in [0.29, 0.717) is 13.0 Å². The van der Waals surface area contributed by atoms with Gasteiger partial charge in [-0.1, -0.05) is 77.6 Å². The number of hydrogen-bond acceptors (Lipinski definition) is 3. The average molecular weight is 341 g/mol. The van der Waals surface area contributed by atoms with Crippen LogP contribution < -0.4 is 10.4 Å². The highest BCUT2D eigenvalue weighted by molar-refractivity contribution is 5.72. The van der Waals surface area contributed by atoms with Crippen molar-refractivity contribution in [2.45, 2.75) is 104 Å². The molecule has 1 amide bonds. The van der Waals surface area contributed by atoms with Crippen LogP contribution in [-0.2, 0) is 9.59 Å². The molecule has 24 heavy (non-hydrogen) atoms. The van der Waals surface area contributed by atoms with Crippen LogP contribution in [0.1, 0.15) is 104 Å².